The average Bonchev–Trinajstić information content (AvgIpc) is 2.65. The van der Waals surface area contributed by atoms with Gasteiger partial charge in [0.2, 0.25) is 0 Å². The molecule has 142 valence electrons. The maximum Gasteiger partial charge on any atom is 0.339 e. The van der Waals surface area contributed by atoms with Crippen LogP contribution >= 0.6 is 0 Å². The maximum atomic E-state index is 11.8. The molecule has 0 atom stereocenters. The predicted octanol–water partition coefficient (Wildman–Crippen LogP) is 4.22. The molecule has 1 rings (SSSR count). The SMILES string of the molecule is CCCNCCC.CCCOC(=O)c1ccccc1C(=O)OCCC. The predicted molar refractivity (Wildman–Crippen MR) is 101 cm³/mol. The highest BCUT2D eigenvalue weighted by atomic mass is 16.5. The van der Waals surface area contributed by atoms with Crippen LogP contribution < -0.4 is 5.32 Å². The van der Waals surface area contributed by atoms with E-state index in [0.717, 1.165) is 12.8 Å². The van der Waals surface area contributed by atoms with Crippen LogP contribution in [0.5, 0.6) is 0 Å². The largest absolute Gasteiger partial charge is 0.462 e. The Morgan fingerprint density at radius 3 is 1.48 bits per heavy atom. The lowest BCUT2D eigenvalue weighted by atomic mass is 10.1. The molecule has 1 aromatic carbocycles. The molecule has 0 aliphatic heterocycles. The molecule has 0 aromatic heterocycles. The van der Waals surface area contributed by atoms with E-state index in [2.05, 4.69) is 19.2 Å². The molecule has 0 spiro atoms. The van der Waals surface area contributed by atoms with E-state index in [1.54, 1.807) is 24.3 Å². The van der Waals surface area contributed by atoms with Crippen molar-refractivity contribution in [2.75, 3.05) is 26.3 Å². The Morgan fingerprint density at radius 1 is 0.760 bits per heavy atom. The maximum absolute atomic E-state index is 11.8. The quantitative estimate of drug-likeness (QED) is 0.505. The van der Waals surface area contributed by atoms with E-state index in [1.807, 2.05) is 13.8 Å². The molecule has 0 bridgehead atoms. The van der Waals surface area contributed by atoms with Gasteiger partial charge in [-0.1, -0.05) is 39.8 Å². The zero-order chi connectivity index (χ0) is 18.9. The summed E-state index contributed by atoms with van der Waals surface area (Å²) >= 11 is 0. The zero-order valence-electron chi connectivity index (χ0n) is 16.1. The highest BCUT2D eigenvalue weighted by Crippen LogP contribution is 2.12. The molecule has 0 unspecified atom stereocenters. The number of hydrogen-bond acceptors (Lipinski definition) is 5. The summed E-state index contributed by atoms with van der Waals surface area (Å²) in [6.45, 7) is 11.2. The van der Waals surface area contributed by atoms with Crippen LogP contribution in [0.2, 0.25) is 0 Å². The highest BCUT2D eigenvalue weighted by molar-refractivity contribution is 6.03. The molecule has 0 amide bonds. The van der Waals surface area contributed by atoms with Crippen LogP contribution in [0, 0.1) is 0 Å². The second-order valence-electron chi connectivity index (χ2n) is 5.57. The minimum atomic E-state index is -0.485. The lowest BCUT2D eigenvalue weighted by Crippen LogP contribution is -2.14. The van der Waals surface area contributed by atoms with E-state index in [1.165, 1.54) is 25.9 Å². The number of hydrogen-bond donors (Lipinski definition) is 1. The van der Waals surface area contributed by atoms with Gasteiger partial charge < -0.3 is 14.8 Å². The first-order chi connectivity index (χ1) is 12.1. The zero-order valence-corrected chi connectivity index (χ0v) is 16.1. The van der Waals surface area contributed by atoms with Crippen molar-refractivity contribution >= 4 is 11.9 Å². The van der Waals surface area contributed by atoms with Crippen molar-refractivity contribution in [1.82, 2.24) is 5.32 Å². The van der Waals surface area contributed by atoms with Crippen molar-refractivity contribution < 1.29 is 19.1 Å². The van der Waals surface area contributed by atoms with Gasteiger partial charge in [0.1, 0.15) is 0 Å². The Labute approximate surface area is 152 Å². The standard InChI is InChI=1S/C14H18O4.C6H15N/c1-3-9-17-13(15)11-7-5-6-8-12(11)14(16)18-10-4-2;1-3-5-7-6-4-2/h5-8H,3-4,9-10H2,1-2H3;7H,3-6H2,1-2H3. The molecule has 0 aliphatic carbocycles. The molecular weight excluding hydrogens is 318 g/mol. The van der Waals surface area contributed by atoms with Gasteiger partial charge in [0.25, 0.3) is 0 Å². The van der Waals surface area contributed by atoms with Crippen LogP contribution in [0.3, 0.4) is 0 Å². The fourth-order valence-electron chi connectivity index (χ4n) is 1.86. The summed E-state index contributed by atoms with van der Waals surface area (Å²) in [5.74, 6) is -0.971. The first-order valence-electron chi connectivity index (χ1n) is 9.26. The Kier molecular flexibility index (Phi) is 14.5. The van der Waals surface area contributed by atoms with Crippen molar-refractivity contribution in [2.24, 2.45) is 0 Å². The molecule has 0 fully saturated rings. The number of nitrogens with one attached hydrogen (secondary N) is 1. The molecule has 5 heteroatoms. The number of ether oxygens (including phenoxy) is 2. The van der Waals surface area contributed by atoms with E-state index >= 15 is 0 Å². The number of carbonyl (C=O) groups excluding carboxylic acids is 2. The number of rotatable bonds is 10. The van der Waals surface area contributed by atoms with Gasteiger partial charge in [0.05, 0.1) is 24.3 Å². The molecule has 0 heterocycles. The van der Waals surface area contributed by atoms with Gasteiger partial charge in [0, 0.05) is 0 Å². The van der Waals surface area contributed by atoms with E-state index < -0.39 is 11.9 Å². The Balaban J connectivity index is 0.000000697. The summed E-state index contributed by atoms with van der Waals surface area (Å²) in [5, 5.41) is 3.28. The third-order valence-corrected chi connectivity index (χ3v) is 3.10. The van der Waals surface area contributed by atoms with Crippen LogP contribution in [0.1, 0.15) is 74.1 Å². The number of esters is 2. The summed E-state index contributed by atoms with van der Waals surface area (Å²) in [7, 11) is 0. The van der Waals surface area contributed by atoms with Crippen LogP contribution in [-0.4, -0.2) is 38.2 Å². The van der Waals surface area contributed by atoms with Crippen LogP contribution in [0.25, 0.3) is 0 Å². The van der Waals surface area contributed by atoms with Gasteiger partial charge in [-0.05, 0) is 50.9 Å². The molecule has 0 radical (unpaired) electrons. The van der Waals surface area contributed by atoms with Gasteiger partial charge in [-0.25, -0.2) is 9.59 Å². The molecular formula is C20H33NO4. The molecule has 5 nitrogen and oxygen atoms in total. The van der Waals surface area contributed by atoms with Crippen molar-refractivity contribution in [1.29, 1.82) is 0 Å². The third-order valence-electron chi connectivity index (χ3n) is 3.10. The van der Waals surface area contributed by atoms with Crippen molar-refractivity contribution in [3.63, 3.8) is 0 Å². The lowest BCUT2D eigenvalue weighted by molar-refractivity contribution is 0.0458. The van der Waals surface area contributed by atoms with E-state index in [4.69, 9.17) is 9.47 Å². The molecule has 1 N–H and O–H groups in total. The van der Waals surface area contributed by atoms with Crippen molar-refractivity contribution in [3.05, 3.63) is 35.4 Å². The average molecular weight is 351 g/mol. The summed E-state index contributed by atoms with van der Waals surface area (Å²) in [5.41, 5.74) is 0.513. The molecule has 0 saturated carbocycles. The molecule has 0 saturated heterocycles. The molecule has 0 aliphatic rings. The molecule has 25 heavy (non-hydrogen) atoms. The van der Waals surface area contributed by atoms with Crippen LogP contribution in [-0.2, 0) is 9.47 Å². The summed E-state index contributed by atoms with van der Waals surface area (Å²) < 4.78 is 10.1. The van der Waals surface area contributed by atoms with Crippen molar-refractivity contribution in [2.45, 2.75) is 53.4 Å². The van der Waals surface area contributed by atoms with Crippen LogP contribution in [0.4, 0.5) is 0 Å². The van der Waals surface area contributed by atoms with E-state index in [-0.39, 0.29) is 11.1 Å². The first kappa shape index (κ1) is 23.1. The highest BCUT2D eigenvalue weighted by Gasteiger charge is 2.18. The van der Waals surface area contributed by atoms with Gasteiger partial charge in [-0.2, -0.15) is 0 Å². The van der Waals surface area contributed by atoms with E-state index in [0.29, 0.717) is 13.2 Å². The third kappa shape index (κ3) is 10.6. The van der Waals surface area contributed by atoms with Crippen LogP contribution in [0.15, 0.2) is 24.3 Å². The fourth-order valence-corrected chi connectivity index (χ4v) is 1.86. The van der Waals surface area contributed by atoms with E-state index in [9.17, 15) is 9.59 Å². The topological polar surface area (TPSA) is 64.6 Å². The second-order valence-corrected chi connectivity index (χ2v) is 5.57. The smallest absolute Gasteiger partial charge is 0.339 e. The normalized spacial score (nSPS) is 9.76. The second kappa shape index (κ2) is 15.6. The van der Waals surface area contributed by atoms with Crippen molar-refractivity contribution in [3.8, 4) is 0 Å². The lowest BCUT2D eigenvalue weighted by Gasteiger charge is -2.08. The van der Waals surface area contributed by atoms with Gasteiger partial charge >= 0.3 is 11.9 Å². The minimum absolute atomic E-state index is 0.257. The first-order valence-corrected chi connectivity index (χ1v) is 9.26. The Hall–Kier alpha value is -1.88. The van der Waals surface area contributed by atoms with Gasteiger partial charge in [0.15, 0.2) is 0 Å². The summed E-state index contributed by atoms with van der Waals surface area (Å²) in [6, 6.07) is 6.53. The van der Waals surface area contributed by atoms with Gasteiger partial charge in [-0.15, -0.1) is 0 Å². The Morgan fingerprint density at radius 2 is 1.16 bits per heavy atom. The monoisotopic (exact) mass is 351 g/mol. The summed E-state index contributed by atoms with van der Waals surface area (Å²) in [6.07, 6.45) is 3.99. The number of carbonyl (C=O) groups is 2. The molecule has 1 aromatic rings. The fraction of sp³-hybridized carbons (Fsp3) is 0.600. The van der Waals surface area contributed by atoms with Gasteiger partial charge in [-0.3, -0.25) is 0 Å². The minimum Gasteiger partial charge on any atom is -0.462 e. The summed E-state index contributed by atoms with van der Waals surface area (Å²) in [4.78, 5) is 23.5. The Bertz CT molecular complexity index is 445. The number of benzene rings is 1.